The highest BCUT2D eigenvalue weighted by atomic mass is 15.2. The van der Waals surface area contributed by atoms with E-state index in [4.69, 9.17) is 0 Å². The maximum absolute atomic E-state index is 4.16. The van der Waals surface area contributed by atoms with Crippen LogP contribution in [0.15, 0.2) is 12.1 Å². The fourth-order valence-electron chi connectivity index (χ4n) is 2.01. The van der Waals surface area contributed by atoms with Crippen molar-refractivity contribution in [2.75, 3.05) is 0 Å². The molecule has 1 saturated carbocycles. The van der Waals surface area contributed by atoms with E-state index < -0.39 is 0 Å². The summed E-state index contributed by atoms with van der Waals surface area (Å²) in [6, 6.07) is 4.35. The predicted octanol–water partition coefficient (Wildman–Crippen LogP) is 3.25. The molecule has 0 saturated heterocycles. The maximum Gasteiger partial charge on any atom is 0.161 e. The van der Waals surface area contributed by atoms with Crippen LogP contribution in [0, 0.1) is 13.8 Å². The van der Waals surface area contributed by atoms with Crippen LogP contribution in [0.4, 0.5) is 0 Å². The van der Waals surface area contributed by atoms with Crippen LogP contribution in [0.3, 0.4) is 0 Å². The lowest BCUT2D eigenvalue weighted by molar-refractivity contribution is 0.914. The van der Waals surface area contributed by atoms with E-state index in [9.17, 15) is 0 Å². The molecule has 0 bridgehead atoms. The second-order valence-corrected chi connectivity index (χ2v) is 4.17. The number of nitrogens with zero attached hydrogens (tertiary/aromatic N) is 3. The largest absolute Gasteiger partial charge is 0.283 e. The van der Waals surface area contributed by atoms with Gasteiger partial charge in [0.1, 0.15) is 5.82 Å². The van der Waals surface area contributed by atoms with E-state index in [0.717, 1.165) is 17.4 Å². The first kappa shape index (κ1) is 11.1. The van der Waals surface area contributed by atoms with E-state index in [1.54, 1.807) is 0 Å². The number of aromatic nitrogens is 3. The second kappa shape index (κ2) is 4.24. The molecule has 2 aromatic heterocycles. The van der Waals surface area contributed by atoms with Crippen LogP contribution in [-0.4, -0.2) is 14.6 Å². The molecule has 3 rings (SSSR count). The van der Waals surface area contributed by atoms with E-state index in [-0.39, 0.29) is 0 Å². The van der Waals surface area contributed by atoms with Gasteiger partial charge in [0.05, 0.1) is 0 Å². The SMILES string of the molecule is CC.Cc1cc(C2CC2)n2c(C)nnc2c1. The first-order valence-electron chi connectivity index (χ1n) is 6.08. The van der Waals surface area contributed by atoms with Crippen molar-refractivity contribution in [1.82, 2.24) is 14.6 Å². The van der Waals surface area contributed by atoms with Gasteiger partial charge in [0, 0.05) is 5.69 Å². The lowest BCUT2D eigenvalue weighted by Gasteiger charge is -2.05. The highest BCUT2D eigenvalue weighted by molar-refractivity contribution is 5.44. The first-order chi connectivity index (χ1) is 7.75. The Balaban J connectivity index is 0.000000457. The smallest absolute Gasteiger partial charge is 0.161 e. The summed E-state index contributed by atoms with van der Waals surface area (Å²) in [4.78, 5) is 0. The van der Waals surface area contributed by atoms with Crippen LogP contribution in [0.5, 0.6) is 0 Å². The highest BCUT2D eigenvalue weighted by Crippen LogP contribution is 2.40. The van der Waals surface area contributed by atoms with E-state index in [0.29, 0.717) is 0 Å². The molecule has 1 aliphatic rings. The van der Waals surface area contributed by atoms with Gasteiger partial charge in [0.15, 0.2) is 5.65 Å². The van der Waals surface area contributed by atoms with Crippen LogP contribution in [0.25, 0.3) is 5.65 Å². The molecule has 16 heavy (non-hydrogen) atoms. The lowest BCUT2D eigenvalue weighted by Crippen LogP contribution is -1.98. The van der Waals surface area contributed by atoms with Gasteiger partial charge in [-0.05, 0) is 50.3 Å². The Bertz CT molecular complexity index is 495. The van der Waals surface area contributed by atoms with Crippen LogP contribution in [0.2, 0.25) is 0 Å². The van der Waals surface area contributed by atoms with Crippen LogP contribution in [-0.2, 0) is 0 Å². The Kier molecular flexibility index (Phi) is 2.95. The highest BCUT2D eigenvalue weighted by Gasteiger charge is 2.26. The Morgan fingerprint density at radius 1 is 1.12 bits per heavy atom. The van der Waals surface area contributed by atoms with Crippen molar-refractivity contribution in [1.29, 1.82) is 0 Å². The molecule has 1 aliphatic carbocycles. The average molecular weight is 217 g/mol. The summed E-state index contributed by atoms with van der Waals surface area (Å²) in [6.07, 6.45) is 2.63. The summed E-state index contributed by atoms with van der Waals surface area (Å²) in [5, 5.41) is 8.28. The third-order valence-electron chi connectivity index (χ3n) is 2.84. The van der Waals surface area contributed by atoms with Crippen LogP contribution in [0.1, 0.15) is 49.7 Å². The molecule has 0 atom stereocenters. The molecule has 0 aromatic carbocycles. The minimum atomic E-state index is 0.743. The lowest BCUT2D eigenvalue weighted by atomic mass is 10.2. The monoisotopic (exact) mass is 217 g/mol. The number of hydrogen-bond donors (Lipinski definition) is 0. The molecule has 1 fully saturated rings. The summed E-state index contributed by atoms with van der Waals surface area (Å²) in [6.45, 7) is 8.14. The summed E-state index contributed by atoms with van der Waals surface area (Å²) in [5.41, 5.74) is 3.67. The topological polar surface area (TPSA) is 30.2 Å². The molecule has 86 valence electrons. The average Bonchev–Trinajstić information content (AvgIpc) is 3.07. The molecule has 2 aromatic rings. The molecule has 0 spiro atoms. The Hall–Kier alpha value is -1.38. The number of fused-ring (bicyclic) bond motifs is 1. The van der Waals surface area contributed by atoms with Gasteiger partial charge in [0.25, 0.3) is 0 Å². The zero-order valence-corrected chi connectivity index (χ0v) is 10.5. The second-order valence-electron chi connectivity index (χ2n) is 4.17. The zero-order chi connectivity index (χ0) is 11.7. The predicted molar refractivity (Wildman–Crippen MR) is 65.8 cm³/mol. The van der Waals surface area contributed by atoms with Crippen LogP contribution < -0.4 is 0 Å². The zero-order valence-electron chi connectivity index (χ0n) is 10.5. The van der Waals surface area contributed by atoms with E-state index in [2.05, 4.69) is 33.7 Å². The molecule has 0 radical (unpaired) electrons. The van der Waals surface area contributed by atoms with E-state index >= 15 is 0 Å². The van der Waals surface area contributed by atoms with Crippen molar-refractivity contribution in [3.8, 4) is 0 Å². The van der Waals surface area contributed by atoms with Gasteiger partial charge in [-0.15, -0.1) is 10.2 Å². The molecule has 0 unspecified atom stereocenters. The van der Waals surface area contributed by atoms with Gasteiger partial charge in [-0.3, -0.25) is 4.40 Å². The molecule has 3 heteroatoms. The van der Waals surface area contributed by atoms with Gasteiger partial charge >= 0.3 is 0 Å². The number of hydrogen-bond acceptors (Lipinski definition) is 2. The molecule has 2 heterocycles. The molecular weight excluding hydrogens is 198 g/mol. The van der Waals surface area contributed by atoms with Crippen molar-refractivity contribution in [2.24, 2.45) is 0 Å². The minimum absolute atomic E-state index is 0.743. The van der Waals surface area contributed by atoms with Gasteiger partial charge < -0.3 is 0 Å². The maximum atomic E-state index is 4.16. The van der Waals surface area contributed by atoms with Crippen molar-refractivity contribution in [3.63, 3.8) is 0 Å². The molecule has 0 amide bonds. The molecule has 3 nitrogen and oxygen atoms in total. The van der Waals surface area contributed by atoms with Crippen molar-refractivity contribution < 1.29 is 0 Å². The minimum Gasteiger partial charge on any atom is -0.283 e. The fourth-order valence-corrected chi connectivity index (χ4v) is 2.01. The van der Waals surface area contributed by atoms with Gasteiger partial charge in [-0.25, -0.2) is 0 Å². The van der Waals surface area contributed by atoms with Crippen molar-refractivity contribution in [2.45, 2.75) is 46.5 Å². The normalized spacial score (nSPS) is 14.8. The summed E-state index contributed by atoms with van der Waals surface area (Å²) in [7, 11) is 0. The molecule has 0 aliphatic heterocycles. The number of aryl methyl sites for hydroxylation is 2. The van der Waals surface area contributed by atoms with Crippen molar-refractivity contribution >= 4 is 5.65 Å². The van der Waals surface area contributed by atoms with Gasteiger partial charge in [-0.1, -0.05) is 13.8 Å². The number of rotatable bonds is 1. The van der Waals surface area contributed by atoms with Gasteiger partial charge in [-0.2, -0.15) is 0 Å². The molecular formula is C13H19N3. The first-order valence-corrected chi connectivity index (χ1v) is 6.08. The quantitative estimate of drug-likeness (QED) is 0.734. The van der Waals surface area contributed by atoms with Gasteiger partial charge in [0.2, 0.25) is 0 Å². The standard InChI is InChI=1S/C11H13N3.C2H6/c1-7-5-10(9-3-4-9)14-8(2)12-13-11(14)6-7;1-2/h5-6,9H,3-4H2,1-2H3;1-2H3. The Morgan fingerprint density at radius 2 is 1.81 bits per heavy atom. The Labute approximate surface area is 96.5 Å². The third kappa shape index (κ3) is 1.82. The summed E-state index contributed by atoms with van der Waals surface area (Å²) >= 11 is 0. The summed E-state index contributed by atoms with van der Waals surface area (Å²) in [5.74, 6) is 1.74. The summed E-state index contributed by atoms with van der Waals surface area (Å²) < 4.78 is 2.19. The van der Waals surface area contributed by atoms with Crippen molar-refractivity contribution in [3.05, 3.63) is 29.2 Å². The molecule has 0 N–H and O–H groups in total. The fraction of sp³-hybridized carbons (Fsp3) is 0.538. The third-order valence-corrected chi connectivity index (χ3v) is 2.84. The van der Waals surface area contributed by atoms with E-state index in [1.807, 2.05) is 20.8 Å². The Morgan fingerprint density at radius 3 is 2.44 bits per heavy atom. The number of pyridine rings is 1. The van der Waals surface area contributed by atoms with Crippen LogP contribution >= 0.6 is 0 Å². The van der Waals surface area contributed by atoms with E-state index in [1.165, 1.54) is 24.1 Å².